The van der Waals surface area contributed by atoms with Crippen LogP contribution in [0.5, 0.6) is 0 Å². The average molecular weight is 506 g/mol. The van der Waals surface area contributed by atoms with Gasteiger partial charge in [0, 0.05) is 30.9 Å². The SMILES string of the molecule is CN1CCc2ccc(NC(=O)c3cccc(CNC(=O)c4cc(N(N)/C=N\N)ccc4Cl)c3)cc2C1. The van der Waals surface area contributed by atoms with E-state index in [1.54, 1.807) is 36.4 Å². The first-order chi connectivity index (χ1) is 17.3. The Morgan fingerprint density at radius 1 is 1.11 bits per heavy atom. The molecule has 1 aliphatic rings. The molecule has 0 unspecified atom stereocenters. The third kappa shape index (κ3) is 6.01. The summed E-state index contributed by atoms with van der Waals surface area (Å²) < 4.78 is 0. The Morgan fingerprint density at radius 3 is 2.75 bits per heavy atom. The van der Waals surface area contributed by atoms with Crippen molar-refractivity contribution in [3.05, 3.63) is 93.5 Å². The minimum atomic E-state index is -0.381. The molecule has 10 heteroatoms. The van der Waals surface area contributed by atoms with Crippen molar-refractivity contribution in [3.8, 4) is 0 Å². The fourth-order valence-corrected chi connectivity index (χ4v) is 4.27. The molecule has 1 heterocycles. The summed E-state index contributed by atoms with van der Waals surface area (Å²) in [6.07, 6.45) is 2.22. The van der Waals surface area contributed by atoms with Crippen LogP contribution in [-0.2, 0) is 19.5 Å². The molecule has 2 amide bonds. The number of carbonyl (C=O) groups excluding carboxylic acids is 2. The summed E-state index contributed by atoms with van der Waals surface area (Å²) in [5.41, 5.74) is 5.32. The maximum Gasteiger partial charge on any atom is 0.255 e. The molecule has 3 aromatic carbocycles. The van der Waals surface area contributed by atoms with E-state index < -0.39 is 0 Å². The van der Waals surface area contributed by atoms with Gasteiger partial charge in [-0.3, -0.25) is 14.6 Å². The highest BCUT2D eigenvalue weighted by atomic mass is 35.5. The molecule has 0 saturated carbocycles. The molecule has 0 radical (unpaired) electrons. The summed E-state index contributed by atoms with van der Waals surface area (Å²) in [6, 6.07) is 17.9. The largest absolute Gasteiger partial charge is 0.348 e. The number of nitrogens with one attached hydrogen (secondary N) is 2. The first-order valence-corrected chi connectivity index (χ1v) is 11.8. The number of hydrogen-bond acceptors (Lipinski definition) is 6. The number of hydrogen-bond donors (Lipinski definition) is 4. The Hall–Kier alpha value is -3.92. The molecule has 0 bridgehead atoms. The lowest BCUT2D eigenvalue weighted by molar-refractivity contribution is 0.0950. The number of amides is 2. The van der Waals surface area contributed by atoms with Gasteiger partial charge in [-0.1, -0.05) is 29.8 Å². The highest BCUT2D eigenvalue weighted by Gasteiger charge is 2.16. The van der Waals surface area contributed by atoms with Crippen molar-refractivity contribution >= 4 is 41.1 Å². The van der Waals surface area contributed by atoms with Gasteiger partial charge in [0.2, 0.25) is 0 Å². The number of likely N-dealkylation sites (N-methyl/N-ethyl adjacent to an activating group) is 1. The number of benzene rings is 3. The highest BCUT2D eigenvalue weighted by Crippen LogP contribution is 2.23. The summed E-state index contributed by atoms with van der Waals surface area (Å²) >= 11 is 6.22. The van der Waals surface area contributed by atoms with Crippen LogP contribution in [0, 0.1) is 0 Å². The van der Waals surface area contributed by atoms with Gasteiger partial charge >= 0.3 is 0 Å². The molecule has 0 atom stereocenters. The summed E-state index contributed by atoms with van der Waals surface area (Å²) in [6.45, 7) is 2.11. The fourth-order valence-electron chi connectivity index (χ4n) is 4.07. The Labute approximate surface area is 214 Å². The zero-order valence-electron chi connectivity index (χ0n) is 19.9. The quantitative estimate of drug-likeness (QED) is 0.169. The van der Waals surface area contributed by atoms with E-state index in [4.69, 9.17) is 23.3 Å². The summed E-state index contributed by atoms with van der Waals surface area (Å²) in [5.74, 6) is 10.4. The van der Waals surface area contributed by atoms with E-state index >= 15 is 0 Å². The first kappa shape index (κ1) is 25.2. The average Bonchev–Trinajstić information content (AvgIpc) is 2.87. The molecule has 186 valence electrons. The molecule has 0 aromatic heterocycles. The molecule has 0 aliphatic carbocycles. The number of rotatable bonds is 7. The van der Waals surface area contributed by atoms with Crippen molar-refractivity contribution in [3.63, 3.8) is 0 Å². The van der Waals surface area contributed by atoms with Crippen LogP contribution in [0.25, 0.3) is 0 Å². The van der Waals surface area contributed by atoms with Gasteiger partial charge in [0.25, 0.3) is 11.8 Å². The van der Waals surface area contributed by atoms with Gasteiger partial charge in [0.05, 0.1) is 16.3 Å². The second-order valence-electron chi connectivity index (χ2n) is 8.64. The zero-order chi connectivity index (χ0) is 25.7. The molecule has 9 nitrogen and oxygen atoms in total. The predicted octanol–water partition coefficient (Wildman–Crippen LogP) is 3.09. The van der Waals surface area contributed by atoms with Gasteiger partial charge in [-0.05, 0) is 72.6 Å². The minimum Gasteiger partial charge on any atom is -0.348 e. The van der Waals surface area contributed by atoms with Gasteiger partial charge in [-0.2, -0.15) is 5.10 Å². The molecule has 0 saturated heterocycles. The van der Waals surface area contributed by atoms with Crippen molar-refractivity contribution in [1.82, 2.24) is 10.2 Å². The van der Waals surface area contributed by atoms with Crippen LogP contribution in [0.1, 0.15) is 37.4 Å². The van der Waals surface area contributed by atoms with Crippen molar-refractivity contribution in [2.24, 2.45) is 16.8 Å². The molecule has 36 heavy (non-hydrogen) atoms. The molecular formula is C26H28ClN7O2. The third-order valence-electron chi connectivity index (χ3n) is 5.99. The van der Waals surface area contributed by atoms with Gasteiger partial charge in [0.15, 0.2) is 0 Å². The Bertz CT molecular complexity index is 1310. The normalized spacial score (nSPS) is 13.3. The van der Waals surface area contributed by atoms with Gasteiger partial charge in [-0.15, -0.1) is 0 Å². The number of carbonyl (C=O) groups is 2. The zero-order valence-corrected chi connectivity index (χ0v) is 20.6. The molecule has 3 aromatic rings. The van der Waals surface area contributed by atoms with Crippen LogP contribution >= 0.6 is 11.6 Å². The second-order valence-corrected chi connectivity index (χ2v) is 9.05. The van der Waals surface area contributed by atoms with E-state index in [2.05, 4.69) is 33.7 Å². The molecule has 0 fully saturated rings. The van der Waals surface area contributed by atoms with Crippen LogP contribution in [0.4, 0.5) is 11.4 Å². The van der Waals surface area contributed by atoms with E-state index in [1.165, 1.54) is 22.5 Å². The van der Waals surface area contributed by atoms with Gasteiger partial charge in [0.1, 0.15) is 6.34 Å². The van der Waals surface area contributed by atoms with Crippen LogP contribution in [0.3, 0.4) is 0 Å². The highest BCUT2D eigenvalue weighted by molar-refractivity contribution is 6.34. The number of hydrazone groups is 1. The van der Waals surface area contributed by atoms with Crippen LogP contribution in [-0.4, -0.2) is 36.6 Å². The van der Waals surface area contributed by atoms with Crippen LogP contribution < -0.4 is 27.3 Å². The lowest BCUT2D eigenvalue weighted by atomic mass is 9.99. The van der Waals surface area contributed by atoms with Gasteiger partial charge < -0.3 is 21.4 Å². The summed E-state index contributed by atoms with van der Waals surface area (Å²) in [5, 5.41) is 10.6. The van der Waals surface area contributed by atoms with E-state index in [0.717, 1.165) is 30.8 Å². The monoisotopic (exact) mass is 505 g/mol. The Kier molecular flexibility index (Phi) is 7.84. The molecule has 4 rings (SSSR count). The third-order valence-corrected chi connectivity index (χ3v) is 6.32. The number of halogens is 1. The lowest BCUT2D eigenvalue weighted by Crippen LogP contribution is -2.30. The Morgan fingerprint density at radius 2 is 1.94 bits per heavy atom. The van der Waals surface area contributed by atoms with Crippen molar-refractivity contribution in [2.45, 2.75) is 19.5 Å². The number of hydrazine groups is 1. The second kappa shape index (κ2) is 11.2. The van der Waals surface area contributed by atoms with Crippen LogP contribution in [0.15, 0.2) is 65.8 Å². The summed E-state index contributed by atoms with van der Waals surface area (Å²) in [7, 11) is 2.09. The number of fused-ring (bicyclic) bond motifs is 1. The van der Waals surface area contributed by atoms with E-state index in [0.29, 0.717) is 11.3 Å². The van der Waals surface area contributed by atoms with Crippen molar-refractivity contribution < 1.29 is 9.59 Å². The molecule has 0 spiro atoms. The first-order valence-electron chi connectivity index (χ1n) is 11.4. The smallest absolute Gasteiger partial charge is 0.255 e. The van der Waals surface area contributed by atoms with E-state index in [9.17, 15) is 9.59 Å². The van der Waals surface area contributed by atoms with E-state index in [1.807, 2.05) is 18.2 Å². The minimum absolute atomic E-state index is 0.211. The maximum absolute atomic E-state index is 12.9. The molecule has 1 aliphatic heterocycles. The standard InChI is InChI=1S/C26H28ClN7O2/c1-33-10-9-18-5-6-21(12-20(18)15-33)32-25(35)19-4-2-3-17(11-19)14-30-26(36)23-13-22(7-8-24(23)27)34(29)16-31-28/h2-8,11-13,16H,9-10,14-15,28-29H2,1H3,(H,30,36)(H,32,35)/b31-16-. The molecular weight excluding hydrogens is 478 g/mol. The molecule has 6 N–H and O–H groups in total. The number of nitrogens with two attached hydrogens (primary N) is 2. The number of nitrogens with zero attached hydrogens (tertiary/aromatic N) is 3. The lowest BCUT2D eigenvalue weighted by Gasteiger charge is -2.25. The van der Waals surface area contributed by atoms with Crippen molar-refractivity contribution in [1.29, 1.82) is 0 Å². The summed E-state index contributed by atoms with van der Waals surface area (Å²) in [4.78, 5) is 27.9. The van der Waals surface area contributed by atoms with Crippen molar-refractivity contribution in [2.75, 3.05) is 23.9 Å². The fraction of sp³-hybridized carbons (Fsp3) is 0.192. The predicted molar refractivity (Wildman–Crippen MR) is 143 cm³/mol. The Balaban J connectivity index is 1.41. The topological polar surface area (TPSA) is 129 Å². The number of anilines is 2. The van der Waals surface area contributed by atoms with Crippen LogP contribution in [0.2, 0.25) is 5.02 Å². The van der Waals surface area contributed by atoms with Gasteiger partial charge in [-0.25, -0.2) is 5.84 Å². The van der Waals surface area contributed by atoms with E-state index in [-0.39, 0.29) is 28.9 Å². The maximum atomic E-state index is 12.9.